The van der Waals surface area contributed by atoms with Crippen LogP contribution < -0.4 is 0 Å². The first-order valence-electron chi connectivity index (χ1n) is 6.03. The van der Waals surface area contributed by atoms with Gasteiger partial charge in [0.25, 0.3) is 0 Å². The number of carboxylic acids is 2. The van der Waals surface area contributed by atoms with Gasteiger partial charge in [-0.1, -0.05) is 43.4 Å². The summed E-state index contributed by atoms with van der Waals surface area (Å²) in [6.45, 7) is 1.76. The van der Waals surface area contributed by atoms with Gasteiger partial charge in [-0.05, 0) is 18.6 Å². The van der Waals surface area contributed by atoms with Crippen molar-refractivity contribution in [3.8, 4) is 11.8 Å². The minimum Gasteiger partial charge on any atom is -0.480 e. The molecule has 0 bridgehead atoms. The van der Waals surface area contributed by atoms with Crippen LogP contribution in [-0.4, -0.2) is 22.2 Å². The quantitative estimate of drug-likeness (QED) is 0.629. The number of hydrogen-bond acceptors (Lipinski definition) is 2. The predicted octanol–water partition coefficient (Wildman–Crippen LogP) is 2.38. The number of benzene rings is 1. The standard InChI is InChI=1S/C15H16O4/c1-2-10-15(13(16)17,14(18)19)11-6-9-12-7-4-3-5-8-12/h3-5,7-8H,2,10-11H2,1H3,(H,16,17)(H,18,19). The van der Waals surface area contributed by atoms with Crippen LogP contribution in [0.5, 0.6) is 0 Å². The van der Waals surface area contributed by atoms with Gasteiger partial charge >= 0.3 is 11.9 Å². The smallest absolute Gasteiger partial charge is 0.322 e. The molecule has 1 aromatic carbocycles. The van der Waals surface area contributed by atoms with E-state index in [1.165, 1.54) is 0 Å². The topological polar surface area (TPSA) is 74.6 Å². The van der Waals surface area contributed by atoms with Crippen LogP contribution in [0.2, 0.25) is 0 Å². The van der Waals surface area contributed by atoms with Crippen LogP contribution in [-0.2, 0) is 9.59 Å². The number of carbonyl (C=O) groups is 2. The third kappa shape index (κ3) is 3.59. The summed E-state index contributed by atoms with van der Waals surface area (Å²) >= 11 is 0. The molecule has 0 aliphatic carbocycles. The van der Waals surface area contributed by atoms with E-state index in [-0.39, 0.29) is 12.8 Å². The zero-order chi connectivity index (χ0) is 14.3. The van der Waals surface area contributed by atoms with Crippen LogP contribution in [0.25, 0.3) is 0 Å². The van der Waals surface area contributed by atoms with Crippen molar-refractivity contribution in [2.45, 2.75) is 26.2 Å². The van der Waals surface area contributed by atoms with Crippen LogP contribution in [0.3, 0.4) is 0 Å². The van der Waals surface area contributed by atoms with E-state index >= 15 is 0 Å². The van der Waals surface area contributed by atoms with Crippen LogP contribution in [0.15, 0.2) is 30.3 Å². The Morgan fingerprint density at radius 2 is 1.74 bits per heavy atom. The van der Waals surface area contributed by atoms with Gasteiger partial charge in [0.2, 0.25) is 0 Å². The molecular weight excluding hydrogens is 244 g/mol. The fourth-order valence-corrected chi connectivity index (χ4v) is 1.79. The first-order valence-corrected chi connectivity index (χ1v) is 6.03. The van der Waals surface area contributed by atoms with Crippen molar-refractivity contribution in [3.63, 3.8) is 0 Å². The second kappa shape index (κ2) is 6.60. The average molecular weight is 260 g/mol. The van der Waals surface area contributed by atoms with Crippen molar-refractivity contribution in [2.24, 2.45) is 5.41 Å². The monoisotopic (exact) mass is 260 g/mol. The summed E-state index contributed by atoms with van der Waals surface area (Å²) in [5.74, 6) is 2.81. The summed E-state index contributed by atoms with van der Waals surface area (Å²) in [4.78, 5) is 22.5. The zero-order valence-electron chi connectivity index (χ0n) is 10.7. The molecule has 0 saturated heterocycles. The molecule has 19 heavy (non-hydrogen) atoms. The lowest BCUT2D eigenvalue weighted by Crippen LogP contribution is -2.39. The fraction of sp³-hybridized carbons (Fsp3) is 0.333. The van der Waals surface area contributed by atoms with E-state index in [0.717, 1.165) is 5.56 Å². The van der Waals surface area contributed by atoms with Gasteiger partial charge in [-0.15, -0.1) is 0 Å². The number of rotatable bonds is 5. The Labute approximate surface area is 112 Å². The average Bonchev–Trinajstić information content (AvgIpc) is 2.38. The van der Waals surface area contributed by atoms with Crippen molar-refractivity contribution >= 4 is 11.9 Å². The molecule has 0 atom stereocenters. The van der Waals surface area contributed by atoms with E-state index in [9.17, 15) is 19.8 Å². The molecule has 0 aliphatic heterocycles. The molecule has 1 rings (SSSR count). The van der Waals surface area contributed by atoms with Gasteiger partial charge in [0.15, 0.2) is 5.41 Å². The van der Waals surface area contributed by atoms with Gasteiger partial charge in [-0.3, -0.25) is 9.59 Å². The van der Waals surface area contributed by atoms with Crippen molar-refractivity contribution in [1.82, 2.24) is 0 Å². The van der Waals surface area contributed by atoms with Gasteiger partial charge in [0, 0.05) is 12.0 Å². The maximum absolute atomic E-state index is 11.2. The Kier molecular flexibility index (Phi) is 5.13. The Morgan fingerprint density at radius 1 is 1.16 bits per heavy atom. The van der Waals surface area contributed by atoms with Crippen molar-refractivity contribution in [2.75, 3.05) is 0 Å². The normalized spacial score (nSPS) is 10.4. The van der Waals surface area contributed by atoms with Crippen LogP contribution in [0.1, 0.15) is 31.7 Å². The van der Waals surface area contributed by atoms with Gasteiger partial charge in [0.1, 0.15) is 0 Å². The lowest BCUT2D eigenvalue weighted by molar-refractivity contribution is -0.164. The lowest BCUT2D eigenvalue weighted by Gasteiger charge is -2.21. The van der Waals surface area contributed by atoms with E-state index in [1.54, 1.807) is 19.1 Å². The van der Waals surface area contributed by atoms with Gasteiger partial charge in [-0.25, -0.2) is 0 Å². The van der Waals surface area contributed by atoms with Gasteiger partial charge < -0.3 is 10.2 Å². The summed E-state index contributed by atoms with van der Waals surface area (Å²) in [7, 11) is 0. The minimum absolute atomic E-state index is 0.0706. The molecule has 0 spiro atoms. The molecule has 0 heterocycles. The van der Waals surface area contributed by atoms with E-state index in [0.29, 0.717) is 6.42 Å². The molecular formula is C15H16O4. The number of aliphatic carboxylic acids is 2. The molecule has 0 saturated carbocycles. The first-order chi connectivity index (χ1) is 9.03. The summed E-state index contributed by atoms with van der Waals surface area (Å²) in [5, 5.41) is 18.3. The van der Waals surface area contributed by atoms with Crippen LogP contribution in [0.4, 0.5) is 0 Å². The first kappa shape index (κ1) is 14.8. The fourth-order valence-electron chi connectivity index (χ4n) is 1.79. The Morgan fingerprint density at radius 3 is 2.21 bits per heavy atom. The van der Waals surface area contributed by atoms with Crippen LogP contribution in [0, 0.1) is 17.3 Å². The molecule has 2 N–H and O–H groups in total. The highest BCUT2D eigenvalue weighted by Gasteiger charge is 2.45. The molecule has 1 aromatic rings. The summed E-state index contributed by atoms with van der Waals surface area (Å²) in [5.41, 5.74) is -1.07. The minimum atomic E-state index is -1.81. The third-order valence-corrected chi connectivity index (χ3v) is 2.89. The van der Waals surface area contributed by atoms with E-state index in [2.05, 4.69) is 11.8 Å². The molecule has 100 valence electrons. The highest BCUT2D eigenvalue weighted by atomic mass is 16.4. The summed E-state index contributed by atoms with van der Waals surface area (Å²) in [6, 6.07) is 9.06. The molecule has 4 heteroatoms. The predicted molar refractivity (Wildman–Crippen MR) is 70.5 cm³/mol. The Bertz CT molecular complexity index is 494. The second-order valence-electron chi connectivity index (χ2n) is 4.29. The second-order valence-corrected chi connectivity index (χ2v) is 4.29. The molecule has 0 amide bonds. The molecule has 0 radical (unpaired) electrons. The number of carboxylic acid groups (broad SMARTS) is 2. The van der Waals surface area contributed by atoms with Crippen LogP contribution >= 0.6 is 0 Å². The Balaban J connectivity index is 2.94. The van der Waals surface area contributed by atoms with Gasteiger partial charge in [-0.2, -0.15) is 0 Å². The van der Waals surface area contributed by atoms with Crippen molar-refractivity contribution in [1.29, 1.82) is 0 Å². The Hall–Kier alpha value is -2.28. The molecule has 4 nitrogen and oxygen atoms in total. The van der Waals surface area contributed by atoms with E-state index in [4.69, 9.17) is 0 Å². The largest absolute Gasteiger partial charge is 0.480 e. The SMILES string of the molecule is CCCC(CC#Cc1ccccc1)(C(=O)O)C(=O)O. The maximum Gasteiger partial charge on any atom is 0.322 e. The molecule has 0 fully saturated rings. The number of hydrogen-bond donors (Lipinski definition) is 2. The van der Waals surface area contributed by atoms with E-state index < -0.39 is 17.4 Å². The maximum atomic E-state index is 11.2. The van der Waals surface area contributed by atoms with Crippen molar-refractivity contribution in [3.05, 3.63) is 35.9 Å². The zero-order valence-corrected chi connectivity index (χ0v) is 10.7. The van der Waals surface area contributed by atoms with Crippen molar-refractivity contribution < 1.29 is 19.8 Å². The third-order valence-electron chi connectivity index (χ3n) is 2.89. The molecule has 0 aromatic heterocycles. The lowest BCUT2D eigenvalue weighted by atomic mass is 9.80. The summed E-state index contributed by atoms with van der Waals surface area (Å²) < 4.78 is 0. The highest BCUT2D eigenvalue weighted by molar-refractivity contribution is 5.98. The molecule has 0 aliphatic rings. The highest BCUT2D eigenvalue weighted by Crippen LogP contribution is 2.28. The van der Waals surface area contributed by atoms with E-state index in [1.807, 2.05) is 18.2 Å². The van der Waals surface area contributed by atoms with Gasteiger partial charge in [0.05, 0.1) is 0 Å². The summed E-state index contributed by atoms with van der Waals surface area (Å²) in [6.07, 6.45) is 0.354. The molecule has 0 unspecified atom stereocenters.